The summed E-state index contributed by atoms with van der Waals surface area (Å²) in [4.78, 5) is 18.2. The van der Waals surface area contributed by atoms with Gasteiger partial charge < -0.3 is 24.2 Å². The zero-order chi connectivity index (χ0) is 21.5. The average molecular weight is 411 g/mol. The molecule has 1 atom stereocenters. The summed E-state index contributed by atoms with van der Waals surface area (Å²) < 4.78 is 17.4. The van der Waals surface area contributed by atoms with Crippen molar-refractivity contribution in [3.8, 4) is 17.2 Å². The minimum Gasteiger partial charge on any atom is -0.497 e. The first kappa shape index (κ1) is 21.3. The van der Waals surface area contributed by atoms with Crippen LogP contribution in [0.2, 0.25) is 0 Å². The smallest absolute Gasteiger partial charge is 0.224 e. The zero-order valence-electron chi connectivity index (χ0n) is 17.2. The third kappa shape index (κ3) is 5.33. The number of hydrogen-bond acceptors (Lipinski definition) is 6. The van der Waals surface area contributed by atoms with Crippen LogP contribution in [0.3, 0.4) is 0 Å². The summed E-state index contributed by atoms with van der Waals surface area (Å²) in [5, 5.41) is 10.0. The highest BCUT2D eigenvalue weighted by Crippen LogP contribution is 2.17. The highest BCUT2D eigenvalue weighted by Gasteiger charge is 2.13. The Morgan fingerprint density at radius 1 is 0.900 bits per heavy atom. The van der Waals surface area contributed by atoms with Crippen molar-refractivity contribution in [1.29, 1.82) is 0 Å². The van der Waals surface area contributed by atoms with E-state index in [0.717, 1.165) is 22.6 Å². The molecule has 3 rings (SSSR count). The molecule has 1 heterocycles. The van der Waals surface area contributed by atoms with Crippen molar-refractivity contribution >= 4 is 0 Å². The molecule has 7 nitrogen and oxygen atoms in total. The first-order valence-corrected chi connectivity index (χ1v) is 9.46. The molecule has 1 N–H and O–H groups in total. The van der Waals surface area contributed by atoms with Crippen LogP contribution >= 0.6 is 0 Å². The molecule has 0 radical (unpaired) electrons. The maximum atomic E-state index is 12.4. The van der Waals surface area contributed by atoms with E-state index >= 15 is 0 Å². The van der Waals surface area contributed by atoms with Gasteiger partial charge in [-0.25, -0.2) is 0 Å². The van der Waals surface area contributed by atoms with Gasteiger partial charge in [0, 0.05) is 6.07 Å². The van der Waals surface area contributed by atoms with Gasteiger partial charge in [-0.05, 0) is 42.3 Å². The van der Waals surface area contributed by atoms with Gasteiger partial charge in [-0.3, -0.25) is 4.79 Å². The Morgan fingerprint density at radius 3 is 1.93 bits per heavy atom. The van der Waals surface area contributed by atoms with E-state index in [1.807, 2.05) is 48.5 Å². The number of rotatable bonds is 9. The van der Waals surface area contributed by atoms with Gasteiger partial charge in [0.25, 0.3) is 0 Å². The van der Waals surface area contributed by atoms with Gasteiger partial charge in [-0.15, -0.1) is 0 Å². The Kier molecular flexibility index (Phi) is 6.98. The van der Waals surface area contributed by atoms with E-state index < -0.39 is 6.10 Å². The fourth-order valence-corrected chi connectivity index (χ4v) is 2.79. The molecular weight excluding hydrogens is 386 g/mol. The van der Waals surface area contributed by atoms with Crippen LogP contribution in [0.15, 0.2) is 65.6 Å². The highest BCUT2D eigenvalue weighted by molar-refractivity contribution is 5.28. The van der Waals surface area contributed by atoms with Crippen molar-refractivity contribution in [2.45, 2.75) is 26.2 Å². The number of hydrogen-bond donors (Lipinski definition) is 1. The predicted molar refractivity (Wildman–Crippen MR) is 112 cm³/mol. The molecule has 0 unspecified atom stereocenters. The second kappa shape index (κ2) is 9.84. The third-order valence-corrected chi connectivity index (χ3v) is 4.52. The molecule has 0 spiro atoms. The van der Waals surface area contributed by atoms with Crippen LogP contribution in [-0.4, -0.2) is 24.1 Å². The molecule has 3 aromatic rings. The lowest BCUT2D eigenvalue weighted by Crippen LogP contribution is -2.22. The van der Waals surface area contributed by atoms with Gasteiger partial charge in [0.1, 0.15) is 24.7 Å². The molecule has 2 aromatic carbocycles. The quantitative estimate of drug-likeness (QED) is 0.583. The van der Waals surface area contributed by atoms with Crippen LogP contribution in [0.25, 0.3) is 0 Å². The Labute approximate surface area is 175 Å². The minimum absolute atomic E-state index is 0.130. The predicted octanol–water partition coefficient (Wildman–Crippen LogP) is 3.13. The zero-order valence-corrected chi connectivity index (χ0v) is 17.2. The molecule has 0 aliphatic heterocycles. The summed E-state index contributed by atoms with van der Waals surface area (Å²) in [7, 11) is 3.21. The summed E-state index contributed by atoms with van der Waals surface area (Å²) >= 11 is 0. The lowest BCUT2D eigenvalue weighted by Gasteiger charge is -2.18. The maximum absolute atomic E-state index is 12.4. The lowest BCUT2D eigenvalue weighted by atomic mass is 10.2. The number of methoxy groups -OCH3 is 2. The molecular formula is C23H25NO6. The number of nitrogens with zero attached hydrogens (tertiary/aromatic N) is 1. The largest absolute Gasteiger partial charge is 0.497 e. The van der Waals surface area contributed by atoms with Crippen molar-refractivity contribution in [3.05, 3.63) is 87.8 Å². The van der Waals surface area contributed by atoms with Gasteiger partial charge >= 0.3 is 0 Å². The Hall–Kier alpha value is -3.45. The van der Waals surface area contributed by atoms with E-state index in [0.29, 0.717) is 5.69 Å². The van der Waals surface area contributed by atoms with Crippen LogP contribution in [-0.2, 0) is 13.2 Å². The average Bonchev–Trinajstić information content (AvgIpc) is 2.77. The van der Waals surface area contributed by atoms with Crippen LogP contribution in [0.1, 0.15) is 29.8 Å². The second-order valence-electron chi connectivity index (χ2n) is 6.69. The third-order valence-electron chi connectivity index (χ3n) is 4.52. The van der Waals surface area contributed by atoms with Gasteiger partial charge in [0.2, 0.25) is 5.43 Å². The summed E-state index contributed by atoms with van der Waals surface area (Å²) in [5.74, 6) is 1.63. The molecule has 0 bridgehead atoms. The molecule has 158 valence electrons. The van der Waals surface area contributed by atoms with E-state index in [1.54, 1.807) is 21.1 Å². The molecule has 0 saturated heterocycles. The van der Waals surface area contributed by atoms with Crippen molar-refractivity contribution < 1.29 is 24.2 Å². The maximum Gasteiger partial charge on any atom is 0.224 e. The van der Waals surface area contributed by atoms with Crippen LogP contribution in [0.5, 0.6) is 17.2 Å². The van der Waals surface area contributed by atoms with E-state index in [1.165, 1.54) is 17.0 Å². The number of aromatic nitrogens is 1. The fourth-order valence-electron chi connectivity index (χ4n) is 2.79. The Morgan fingerprint density at radius 2 is 1.43 bits per heavy atom. The van der Waals surface area contributed by atoms with Crippen molar-refractivity contribution in [3.63, 3.8) is 0 Å². The number of ether oxygens (including phenoxy) is 3. The van der Waals surface area contributed by atoms with Crippen LogP contribution in [0.4, 0.5) is 0 Å². The molecule has 0 fully saturated rings. The van der Waals surface area contributed by atoms with Crippen molar-refractivity contribution in [2.75, 3.05) is 14.2 Å². The molecule has 7 heteroatoms. The number of pyridine rings is 1. The summed E-state index contributed by atoms with van der Waals surface area (Å²) in [6, 6.07) is 16.1. The number of benzene rings is 2. The van der Waals surface area contributed by atoms with Gasteiger partial charge in [0.05, 0.1) is 32.2 Å². The fraction of sp³-hybridized carbons (Fsp3) is 0.261. The SMILES string of the molecule is COc1ccc(COc2cn(OCc3ccc(OC)cc3)c([C@@H](C)O)cc2=O)cc1. The molecule has 1 aromatic heterocycles. The monoisotopic (exact) mass is 411 g/mol. The van der Waals surface area contributed by atoms with Crippen molar-refractivity contribution in [2.24, 2.45) is 0 Å². The lowest BCUT2D eigenvalue weighted by molar-refractivity contribution is 0.0656. The first-order valence-electron chi connectivity index (χ1n) is 9.46. The van der Waals surface area contributed by atoms with Gasteiger partial charge in [-0.2, -0.15) is 4.73 Å². The van der Waals surface area contributed by atoms with E-state index in [2.05, 4.69) is 0 Å². The second-order valence-corrected chi connectivity index (χ2v) is 6.69. The van der Waals surface area contributed by atoms with E-state index in [4.69, 9.17) is 19.0 Å². The van der Waals surface area contributed by atoms with Crippen LogP contribution < -0.4 is 24.5 Å². The number of aliphatic hydroxyl groups excluding tert-OH is 1. The Balaban J connectivity index is 1.75. The Bertz CT molecular complexity index is 1010. The first-order chi connectivity index (χ1) is 14.5. The normalized spacial score (nSPS) is 11.6. The molecule has 0 amide bonds. The molecule has 0 saturated carbocycles. The van der Waals surface area contributed by atoms with Gasteiger partial charge in [0.15, 0.2) is 5.75 Å². The topological polar surface area (TPSA) is 79.2 Å². The molecule has 0 aliphatic carbocycles. The highest BCUT2D eigenvalue weighted by atomic mass is 16.7. The summed E-state index contributed by atoms with van der Waals surface area (Å²) in [6.45, 7) is 2.02. The summed E-state index contributed by atoms with van der Waals surface area (Å²) in [6.07, 6.45) is 0.571. The summed E-state index contributed by atoms with van der Waals surface area (Å²) in [5.41, 5.74) is 1.81. The molecule has 0 aliphatic rings. The number of aliphatic hydroxyl groups is 1. The van der Waals surface area contributed by atoms with Gasteiger partial charge in [-0.1, -0.05) is 24.3 Å². The van der Waals surface area contributed by atoms with E-state index in [9.17, 15) is 9.90 Å². The standard InChI is InChI=1S/C23H25NO6/c1-16(25)21-12-22(26)23(29-14-17-4-8-19(27-2)9-5-17)13-24(21)30-15-18-6-10-20(28-3)11-7-18/h4-13,16,25H,14-15H2,1-3H3/t16-/m1/s1. The van der Waals surface area contributed by atoms with Crippen LogP contribution in [0, 0.1) is 0 Å². The minimum atomic E-state index is -0.885. The van der Waals surface area contributed by atoms with Crippen molar-refractivity contribution in [1.82, 2.24) is 4.73 Å². The van der Waals surface area contributed by atoms with E-state index in [-0.39, 0.29) is 24.4 Å². The molecule has 30 heavy (non-hydrogen) atoms.